The first-order valence-electron chi connectivity index (χ1n) is 15.4. The monoisotopic (exact) mass is 726 g/mol. The van der Waals surface area contributed by atoms with E-state index in [2.05, 4.69) is 177 Å². The van der Waals surface area contributed by atoms with Gasteiger partial charge in [-0.15, -0.1) is 24.8 Å². The van der Waals surface area contributed by atoms with Gasteiger partial charge < -0.3 is 0 Å². The Balaban J connectivity index is 0.00000192. The fraction of sp³-hybridized carbons (Fsp3) is 0.0769. The van der Waals surface area contributed by atoms with Crippen LogP contribution >= 0.6 is 24.8 Å². The average molecular weight is 729 g/mol. The predicted octanol–water partition coefficient (Wildman–Crippen LogP) is 5.99. The van der Waals surface area contributed by atoms with Crippen LogP contribution in [0.4, 0.5) is 0 Å². The van der Waals surface area contributed by atoms with E-state index in [1.165, 1.54) is 29.8 Å². The summed E-state index contributed by atoms with van der Waals surface area (Å²) < 4.78 is 7.84. The van der Waals surface area contributed by atoms with E-state index in [-0.39, 0.29) is 28.4 Å². The summed E-state index contributed by atoms with van der Waals surface area (Å²) in [6.07, 6.45) is 11.2. The Bertz CT molecular complexity index is 1840. The van der Waals surface area contributed by atoms with E-state index in [0.717, 1.165) is 21.2 Å². The molecule has 1 atom stereocenters. The SMILES string of the molecule is CC1=CC[C]([Zr]([SiH3])([SiH3])([c]2ccccc2)([c]2ccccc2)([c]2ccccc2)([c]2ccccc2)[CH]2C=Cc3ccccc32)=C1.Cl.Cl. The molecule has 0 amide bonds. The molecule has 0 N–H and O–H groups in total. The fourth-order valence-electron chi connectivity index (χ4n) is 11.3. The first-order chi connectivity index (χ1) is 20.2. The minimum absolute atomic E-state index is 0. The molecule has 5 aromatic carbocycles. The molecular weight excluding hydrogens is 687 g/mol. The van der Waals surface area contributed by atoms with Gasteiger partial charge >= 0.3 is 247 Å². The minimum atomic E-state index is -6.79. The molecule has 2 aliphatic rings. The van der Waals surface area contributed by atoms with Crippen molar-refractivity contribution < 1.29 is 12.7 Å². The molecule has 1 unspecified atom stereocenters. The van der Waals surface area contributed by atoms with Crippen molar-refractivity contribution in [3.8, 4) is 0 Å². The average Bonchev–Trinajstić information content (AvgIpc) is 3.72. The molecule has 0 saturated carbocycles. The van der Waals surface area contributed by atoms with Gasteiger partial charge in [0, 0.05) is 0 Å². The molecule has 2 aliphatic carbocycles. The second-order valence-electron chi connectivity index (χ2n) is 15.3. The zero-order valence-electron chi connectivity index (χ0n) is 25.8. The Morgan fingerprint density at radius 3 is 1.32 bits per heavy atom. The molecule has 0 heterocycles. The van der Waals surface area contributed by atoms with Crippen molar-refractivity contribution in [3.05, 3.63) is 184 Å². The summed E-state index contributed by atoms with van der Waals surface area (Å²) in [5.41, 5.74) is 4.18. The molecule has 0 fully saturated rings. The van der Waals surface area contributed by atoms with E-state index in [1.807, 2.05) is 0 Å². The van der Waals surface area contributed by atoms with Gasteiger partial charge in [-0.3, -0.25) is 0 Å². The van der Waals surface area contributed by atoms with Gasteiger partial charge in [0.05, 0.1) is 0 Å². The number of fused-ring (bicyclic) bond motifs is 1. The molecule has 5 aromatic rings. The Labute approximate surface area is 269 Å². The van der Waals surface area contributed by atoms with Crippen LogP contribution in [0.5, 0.6) is 0 Å². The quantitative estimate of drug-likeness (QED) is 0.189. The van der Waals surface area contributed by atoms with Crippen LogP contribution in [0.3, 0.4) is 0 Å². The van der Waals surface area contributed by atoms with E-state index >= 15 is 0 Å². The molecule has 44 heavy (non-hydrogen) atoms. The summed E-state index contributed by atoms with van der Waals surface area (Å²) >= 11 is -6.79. The second kappa shape index (κ2) is 9.38. The smallest absolute Gasteiger partial charge is 0.147 e. The van der Waals surface area contributed by atoms with Gasteiger partial charge in [0.2, 0.25) is 0 Å². The molecule has 7 rings (SSSR count). The molecule has 0 spiro atoms. The van der Waals surface area contributed by atoms with Crippen molar-refractivity contribution in [1.29, 1.82) is 0 Å². The summed E-state index contributed by atoms with van der Waals surface area (Å²) in [7, 11) is 1.79. The molecule has 0 aromatic heterocycles. The molecule has 0 radical (unpaired) electrons. The van der Waals surface area contributed by atoms with Crippen molar-refractivity contribution in [1.82, 2.24) is 0 Å². The van der Waals surface area contributed by atoms with E-state index in [1.54, 1.807) is 3.28 Å². The van der Waals surface area contributed by atoms with E-state index in [0.29, 0.717) is 0 Å². The van der Waals surface area contributed by atoms with Crippen LogP contribution in [0.1, 0.15) is 28.1 Å². The van der Waals surface area contributed by atoms with Crippen LogP contribution in [0, 0.1) is 0 Å². The van der Waals surface area contributed by atoms with Crippen LogP contribution < -0.4 is 13.1 Å². The van der Waals surface area contributed by atoms with E-state index in [9.17, 15) is 0 Å². The fourth-order valence-corrected chi connectivity index (χ4v) is 78.3. The first-order valence-corrected chi connectivity index (χ1v) is 39.7. The number of rotatable bonds is 6. The maximum Gasteiger partial charge on any atom is -0.147 e. The van der Waals surface area contributed by atoms with Gasteiger partial charge in [0.25, 0.3) is 0 Å². The number of benzene rings is 5. The van der Waals surface area contributed by atoms with Crippen molar-refractivity contribution >= 4 is 58.7 Å². The first kappa shape index (κ1) is 32.6. The Morgan fingerprint density at radius 1 is 0.545 bits per heavy atom. The molecule has 0 bridgehead atoms. The van der Waals surface area contributed by atoms with E-state index in [4.69, 9.17) is 0 Å². The maximum absolute atomic E-state index is 6.79. The van der Waals surface area contributed by atoms with Crippen LogP contribution in [-0.2, 0) is 12.7 Å². The van der Waals surface area contributed by atoms with Gasteiger partial charge in [-0.05, 0) is 0 Å². The van der Waals surface area contributed by atoms with Crippen LogP contribution in [0.25, 0.3) is 6.08 Å². The molecule has 5 heteroatoms. The Morgan fingerprint density at radius 2 is 0.932 bits per heavy atom. The number of hydrogen-bond acceptors (Lipinski definition) is 0. The summed E-state index contributed by atoms with van der Waals surface area (Å²) in [6.45, 7) is 2.31. The van der Waals surface area contributed by atoms with Crippen molar-refractivity contribution in [2.45, 2.75) is 17.0 Å². The molecule has 0 nitrogen and oxygen atoms in total. The summed E-state index contributed by atoms with van der Waals surface area (Å²) in [6, 6.07) is 56.8. The summed E-state index contributed by atoms with van der Waals surface area (Å²) in [5.74, 6) is 0. The minimum Gasteiger partial charge on any atom is -0.147 e. The van der Waals surface area contributed by atoms with Gasteiger partial charge in [0.1, 0.15) is 0 Å². The topological polar surface area (TPSA) is 0 Å². The largest absolute Gasteiger partial charge is 0.147 e. The zero-order chi connectivity index (χ0) is 29.1. The van der Waals surface area contributed by atoms with Crippen molar-refractivity contribution in [2.24, 2.45) is 0 Å². The molecular formula is C39H42Cl2Si2Zr. The molecule has 0 aliphatic heterocycles. The summed E-state index contributed by atoms with van der Waals surface area (Å²) in [5, 5.41) is 0. The third kappa shape index (κ3) is 2.83. The van der Waals surface area contributed by atoms with Crippen LogP contribution in [-0.4, -0.2) is 14.7 Å². The third-order valence-corrected chi connectivity index (χ3v) is 102. The summed E-state index contributed by atoms with van der Waals surface area (Å²) in [4.78, 5) is 0. The maximum atomic E-state index is 2.64. The Hall–Kier alpha value is -2.78. The van der Waals surface area contributed by atoms with Gasteiger partial charge in [-0.2, -0.15) is 0 Å². The number of halogens is 2. The Kier molecular flexibility index (Phi) is 6.95. The zero-order valence-corrected chi connectivity index (χ0v) is 33.9. The van der Waals surface area contributed by atoms with Crippen molar-refractivity contribution in [2.75, 3.05) is 0 Å². The number of hydrogen-bond donors (Lipinski definition) is 0. The molecule has 0 saturated heterocycles. The van der Waals surface area contributed by atoms with E-state index < -0.39 is 12.7 Å². The normalized spacial score (nSPS) is 19.1. The van der Waals surface area contributed by atoms with Crippen LogP contribution in [0.2, 0.25) is 0 Å². The second-order valence-corrected chi connectivity index (χ2v) is 111. The predicted molar refractivity (Wildman–Crippen MR) is 203 cm³/mol. The van der Waals surface area contributed by atoms with Crippen molar-refractivity contribution in [3.63, 3.8) is 0 Å². The molecule has 224 valence electrons. The number of allylic oxidation sites excluding steroid dienone is 5. The third-order valence-electron chi connectivity index (χ3n) is 14.1. The van der Waals surface area contributed by atoms with Gasteiger partial charge in [0.15, 0.2) is 0 Å². The van der Waals surface area contributed by atoms with Gasteiger partial charge in [-0.1, -0.05) is 0 Å². The standard InChI is InChI=1S/C9H7.C6H7.4C6H5.2ClH.2H3Si.Zr/c1-2-5-9-7-3-6-8(9)4-1;1-6-4-2-3-5-6;4*1-2-4-6-5-3-1;;;;;/h1-7H;4-5H,2H2,1H3;4*1-5H;2*1H;2*1H3;. The van der Waals surface area contributed by atoms with Crippen LogP contribution in [0.15, 0.2) is 173 Å². The van der Waals surface area contributed by atoms with Gasteiger partial charge in [-0.25, -0.2) is 0 Å².